The number of rotatable bonds is 4. The second-order valence-electron chi connectivity index (χ2n) is 7.77. The van der Waals surface area contributed by atoms with Crippen LogP contribution in [0.25, 0.3) is 11.3 Å². The van der Waals surface area contributed by atoms with Crippen LogP contribution in [0.3, 0.4) is 0 Å². The number of benzene rings is 2. The van der Waals surface area contributed by atoms with Crippen LogP contribution in [0.1, 0.15) is 16.7 Å². The summed E-state index contributed by atoms with van der Waals surface area (Å²) in [5.74, 6) is 1.04. The molecule has 0 N–H and O–H groups in total. The number of nitrogens with zero attached hydrogens (tertiary/aromatic N) is 4. The minimum Gasteiger partial charge on any atom is -0.352 e. The molecular weight excluding hydrogens is 440 g/mol. The number of aryl methyl sites for hydroxylation is 2. The van der Waals surface area contributed by atoms with Gasteiger partial charge in [-0.05, 0) is 49.2 Å². The fourth-order valence-corrected chi connectivity index (χ4v) is 4.08. The van der Waals surface area contributed by atoms with E-state index in [-0.39, 0.29) is 5.91 Å². The smallest absolute Gasteiger partial charge is 0.227 e. The van der Waals surface area contributed by atoms with Crippen molar-refractivity contribution in [1.29, 1.82) is 0 Å². The zero-order valence-corrected chi connectivity index (χ0v) is 18.9. The predicted molar refractivity (Wildman–Crippen MR) is 124 cm³/mol. The molecule has 1 amide bonds. The topological polar surface area (TPSA) is 49.3 Å². The second kappa shape index (κ2) is 8.96. The summed E-state index contributed by atoms with van der Waals surface area (Å²) in [4.78, 5) is 16.8. The van der Waals surface area contributed by atoms with Gasteiger partial charge in [-0.3, -0.25) is 4.79 Å². The molecule has 30 heavy (non-hydrogen) atoms. The van der Waals surface area contributed by atoms with Crippen LogP contribution < -0.4 is 4.90 Å². The van der Waals surface area contributed by atoms with Gasteiger partial charge in [-0.1, -0.05) is 51.8 Å². The van der Waals surface area contributed by atoms with Crippen molar-refractivity contribution >= 4 is 27.7 Å². The quantitative estimate of drug-likeness (QED) is 0.573. The lowest BCUT2D eigenvalue weighted by Crippen LogP contribution is -2.49. The third-order valence-electron chi connectivity index (χ3n) is 5.53. The fourth-order valence-electron chi connectivity index (χ4n) is 3.81. The van der Waals surface area contributed by atoms with E-state index in [1.54, 1.807) is 0 Å². The Bertz CT molecular complexity index is 1030. The molecule has 1 fully saturated rings. The number of carbonyl (C=O) groups excluding carboxylic acids is 1. The molecule has 154 valence electrons. The Morgan fingerprint density at radius 2 is 1.67 bits per heavy atom. The van der Waals surface area contributed by atoms with Gasteiger partial charge < -0.3 is 9.80 Å². The zero-order valence-electron chi connectivity index (χ0n) is 17.3. The molecule has 2 aromatic carbocycles. The first-order chi connectivity index (χ1) is 14.5. The van der Waals surface area contributed by atoms with E-state index in [4.69, 9.17) is 0 Å². The minimum atomic E-state index is 0.174. The summed E-state index contributed by atoms with van der Waals surface area (Å²) in [6.45, 7) is 7.14. The van der Waals surface area contributed by atoms with Crippen LogP contribution in [0.4, 0.5) is 5.82 Å². The van der Waals surface area contributed by atoms with Gasteiger partial charge >= 0.3 is 0 Å². The normalized spacial score (nSPS) is 14.1. The monoisotopic (exact) mass is 464 g/mol. The largest absolute Gasteiger partial charge is 0.352 e. The van der Waals surface area contributed by atoms with Crippen molar-refractivity contribution in [2.24, 2.45) is 0 Å². The summed E-state index contributed by atoms with van der Waals surface area (Å²) in [5, 5.41) is 8.91. The third-order valence-corrected chi connectivity index (χ3v) is 6.06. The van der Waals surface area contributed by atoms with E-state index >= 15 is 0 Å². The molecule has 1 aliphatic rings. The van der Waals surface area contributed by atoms with Crippen molar-refractivity contribution in [2.75, 3.05) is 31.1 Å². The first-order valence-electron chi connectivity index (χ1n) is 10.2. The number of amides is 1. The van der Waals surface area contributed by atoms with E-state index in [9.17, 15) is 4.79 Å². The van der Waals surface area contributed by atoms with E-state index in [1.807, 2.05) is 41.3 Å². The van der Waals surface area contributed by atoms with Crippen LogP contribution in [-0.4, -0.2) is 47.2 Å². The van der Waals surface area contributed by atoms with Crippen LogP contribution in [-0.2, 0) is 11.2 Å². The molecule has 4 rings (SSSR count). The Morgan fingerprint density at radius 3 is 2.30 bits per heavy atom. The lowest BCUT2D eigenvalue weighted by atomic mass is 10.0. The van der Waals surface area contributed by atoms with E-state index in [0.29, 0.717) is 19.5 Å². The molecule has 0 radical (unpaired) electrons. The Kier molecular flexibility index (Phi) is 6.13. The molecular formula is C24H25BrN4O. The Balaban J connectivity index is 1.35. The Morgan fingerprint density at radius 1 is 0.933 bits per heavy atom. The fraction of sp³-hybridized carbons (Fsp3) is 0.292. The second-order valence-corrected chi connectivity index (χ2v) is 8.68. The van der Waals surface area contributed by atoms with Crippen molar-refractivity contribution < 1.29 is 4.79 Å². The summed E-state index contributed by atoms with van der Waals surface area (Å²) in [7, 11) is 0. The highest BCUT2D eigenvalue weighted by Crippen LogP contribution is 2.23. The van der Waals surface area contributed by atoms with E-state index < -0.39 is 0 Å². The van der Waals surface area contributed by atoms with Gasteiger partial charge in [0.05, 0.1) is 12.1 Å². The molecule has 3 aromatic rings. The molecule has 0 spiro atoms. The average Bonchev–Trinajstić information content (AvgIpc) is 2.76. The number of aromatic nitrogens is 2. The van der Waals surface area contributed by atoms with Gasteiger partial charge in [-0.2, -0.15) is 0 Å². The van der Waals surface area contributed by atoms with Gasteiger partial charge in [0.25, 0.3) is 0 Å². The Labute approximate surface area is 185 Å². The summed E-state index contributed by atoms with van der Waals surface area (Å²) in [5.41, 5.74) is 5.49. The van der Waals surface area contributed by atoms with Gasteiger partial charge in [0, 0.05) is 36.2 Å². The maximum Gasteiger partial charge on any atom is 0.227 e. The van der Waals surface area contributed by atoms with E-state index in [2.05, 4.69) is 63.1 Å². The highest BCUT2D eigenvalue weighted by atomic mass is 79.9. The van der Waals surface area contributed by atoms with Crippen LogP contribution in [0.5, 0.6) is 0 Å². The minimum absolute atomic E-state index is 0.174. The van der Waals surface area contributed by atoms with Gasteiger partial charge in [-0.25, -0.2) is 0 Å². The van der Waals surface area contributed by atoms with Gasteiger partial charge in [0.1, 0.15) is 0 Å². The summed E-state index contributed by atoms with van der Waals surface area (Å²) < 4.78 is 1.02. The average molecular weight is 465 g/mol. The van der Waals surface area contributed by atoms with Gasteiger partial charge in [0.15, 0.2) is 5.82 Å². The number of piperazine rings is 1. The number of hydrogen-bond donors (Lipinski definition) is 0. The highest BCUT2D eigenvalue weighted by molar-refractivity contribution is 9.10. The molecule has 1 saturated heterocycles. The lowest BCUT2D eigenvalue weighted by Gasteiger charge is -2.35. The maximum absolute atomic E-state index is 12.6. The van der Waals surface area contributed by atoms with E-state index in [0.717, 1.165) is 40.2 Å². The van der Waals surface area contributed by atoms with Crippen molar-refractivity contribution in [2.45, 2.75) is 20.3 Å². The molecule has 2 heterocycles. The van der Waals surface area contributed by atoms with Gasteiger partial charge in [0.2, 0.25) is 5.91 Å². The molecule has 0 saturated carbocycles. The molecule has 6 heteroatoms. The van der Waals surface area contributed by atoms with Crippen LogP contribution in [0.2, 0.25) is 0 Å². The first kappa shape index (κ1) is 20.5. The van der Waals surface area contributed by atoms with Gasteiger partial charge in [-0.15, -0.1) is 10.2 Å². The highest BCUT2D eigenvalue weighted by Gasteiger charge is 2.22. The van der Waals surface area contributed by atoms with E-state index in [1.165, 1.54) is 11.1 Å². The number of carbonyl (C=O) groups is 1. The van der Waals surface area contributed by atoms with Crippen LogP contribution in [0.15, 0.2) is 59.1 Å². The predicted octanol–water partition coefficient (Wildman–Crippen LogP) is 4.41. The molecule has 1 aliphatic heterocycles. The van der Waals surface area contributed by atoms with Crippen LogP contribution >= 0.6 is 15.9 Å². The van der Waals surface area contributed by atoms with Crippen molar-refractivity contribution in [3.8, 4) is 11.3 Å². The summed E-state index contributed by atoms with van der Waals surface area (Å²) in [6.07, 6.45) is 0.442. The zero-order chi connectivity index (χ0) is 21.1. The third kappa shape index (κ3) is 4.70. The maximum atomic E-state index is 12.6. The molecule has 0 atom stereocenters. The molecule has 1 aromatic heterocycles. The SMILES string of the molecule is Cc1ccc(-c2ccc(N3CCN(C(=O)Cc4ccc(Br)cc4)CC3)nn2)c(C)c1. The lowest BCUT2D eigenvalue weighted by molar-refractivity contribution is -0.130. The summed E-state index contributed by atoms with van der Waals surface area (Å²) in [6, 6.07) is 18.4. The molecule has 0 bridgehead atoms. The Hall–Kier alpha value is -2.73. The van der Waals surface area contributed by atoms with Crippen molar-refractivity contribution in [1.82, 2.24) is 15.1 Å². The summed E-state index contributed by atoms with van der Waals surface area (Å²) >= 11 is 3.43. The van der Waals surface area contributed by atoms with Crippen molar-refractivity contribution in [3.63, 3.8) is 0 Å². The molecule has 5 nitrogen and oxygen atoms in total. The molecule has 0 aliphatic carbocycles. The number of hydrogen-bond acceptors (Lipinski definition) is 4. The van der Waals surface area contributed by atoms with Crippen molar-refractivity contribution in [3.05, 3.63) is 75.8 Å². The number of halogens is 1. The molecule has 0 unspecified atom stereocenters. The number of anilines is 1. The van der Waals surface area contributed by atoms with Crippen LogP contribution in [0, 0.1) is 13.8 Å². The first-order valence-corrected chi connectivity index (χ1v) is 11.0. The standard InChI is InChI=1S/C24H25BrN4O/c1-17-3-8-21(18(2)15-17)22-9-10-23(27-26-22)28-11-13-29(14-12-28)24(30)16-19-4-6-20(25)7-5-19/h3-10,15H,11-14,16H2,1-2H3.